The van der Waals surface area contributed by atoms with Crippen LogP contribution in [0.25, 0.3) is 6.08 Å². The van der Waals surface area contributed by atoms with Crippen LogP contribution in [0.4, 0.5) is 4.39 Å². The summed E-state index contributed by atoms with van der Waals surface area (Å²) < 4.78 is 13.3. The van der Waals surface area contributed by atoms with Crippen molar-refractivity contribution in [1.82, 2.24) is 0 Å². The average molecular weight is 245 g/mol. The molecule has 1 aromatic carbocycles. The maximum atomic E-state index is 12.7. The Morgan fingerprint density at radius 2 is 2.23 bits per heavy atom. The number of hydrogen-bond acceptors (Lipinski definition) is 1. The molecule has 0 spiro atoms. The molecule has 0 radical (unpaired) electrons. The molecule has 0 saturated heterocycles. The molecule has 0 saturated carbocycles. The number of benzene rings is 1. The molecular formula is C9H6BrFO2. The fraction of sp³-hybridized carbons (Fsp3) is 0. The van der Waals surface area contributed by atoms with Crippen molar-refractivity contribution < 1.29 is 14.3 Å². The van der Waals surface area contributed by atoms with E-state index < -0.39 is 11.8 Å². The minimum absolute atomic E-state index is 0.395. The lowest BCUT2D eigenvalue weighted by Gasteiger charge is -1.96. The fourth-order valence-electron chi connectivity index (χ4n) is 0.803. The minimum Gasteiger partial charge on any atom is -0.478 e. The Morgan fingerprint density at radius 3 is 2.85 bits per heavy atom. The highest BCUT2D eigenvalue weighted by Crippen LogP contribution is 2.18. The fourth-order valence-corrected chi connectivity index (χ4v) is 1.18. The van der Waals surface area contributed by atoms with Crippen molar-refractivity contribution in [3.8, 4) is 0 Å². The van der Waals surface area contributed by atoms with Crippen LogP contribution in [0, 0.1) is 5.82 Å². The summed E-state index contributed by atoms with van der Waals surface area (Å²) in [6, 6.07) is 4.07. The van der Waals surface area contributed by atoms with Gasteiger partial charge in [-0.2, -0.15) is 0 Å². The van der Waals surface area contributed by atoms with Crippen molar-refractivity contribution in [1.29, 1.82) is 0 Å². The van der Waals surface area contributed by atoms with Gasteiger partial charge in [-0.1, -0.05) is 15.9 Å². The molecule has 0 bridgehead atoms. The van der Waals surface area contributed by atoms with Crippen molar-refractivity contribution in [2.75, 3.05) is 0 Å². The molecule has 1 aromatic rings. The second-order valence-corrected chi connectivity index (χ2v) is 3.19. The van der Waals surface area contributed by atoms with Crippen molar-refractivity contribution in [3.05, 3.63) is 40.1 Å². The zero-order chi connectivity index (χ0) is 9.84. The standard InChI is InChI=1S/C9H6BrFO2/c10-8-3-2-7(11)5-6(8)1-4-9(12)13/h1-5H,(H,12,13)/b4-1-. The third kappa shape index (κ3) is 2.99. The first-order chi connectivity index (χ1) is 6.09. The van der Waals surface area contributed by atoms with Crippen LogP contribution in [-0.2, 0) is 4.79 Å². The average Bonchev–Trinajstić information content (AvgIpc) is 2.06. The summed E-state index contributed by atoms with van der Waals surface area (Å²) in [5.41, 5.74) is 0.502. The molecule has 0 aliphatic heterocycles. The van der Waals surface area contributed by atoms with Crippen LogP contribution in [0.5, 0.6) is 0 Å². The van der Waals surface area contributed by atoms with Gasteiger partial charge in [0.25, 0.3) is 0 Å². The largest absolute Gasteiger partial charge is 0.478 e. The number of carboxylic acids is 1. The van der Waals surface area contributed by atoms with Crippen LogP contribution in [0.2, 0.25) is 0 Å². The lowest BCUT2D eigenvalue weighted by Crippen LogP contribution is -1.86. The molecule has 0 atom stereocenters. The first-order valence-corrected chi connectivity index (χ1v) is 4.25. The molecule has 4 heteroatoms. The maximum Gasteiger partial charge on any atom is 0.328 e. The van der Waals surface area contributed by atoms with E-state index in [9.17, 15) is 9.18 Å². The number of hydrogen-bond donors (Lipinski definition) is 1. The molecular weight excluding hydrogens is 239 g/mol. The van der Waals surface area contributed by atoms with Crippen LogP contribution >= 0.6 is 15.9 Å². The van der Waals surface area contributed by atoms with E-state index in [0.717, 1.165) is 6.08 Å². The van der Waals surface area contributed by atoms with E-state index in [1.165, 1.54) is 24.3 Å². The molecule has 0 amide bonds. The van der Waals surface area contributed by atoms with Crippen molar-refractivity contribution in [2.24, 2.45) is 0 Å². The zero-order valence-corrected chi connectivity index (χ0v) is 8.08. The Balaban J connectivity index is 3.00. The molecule has 1 N–H and O–H groups in total. The van der Waals surface area contributed by atoms with Gasteiger partial charge in [-0.05, 0) is 29.8 Å². The molecule has 13 heavy (non-hydrogen) atoms. The third-order valence-corrected chi connectivity index (χ3v) is 2.09. The molecule has 2 nitrogen and oxygen atoms in total. The van der Waals surface area contributed by atoms with Crippen LogP contribution < -0.4 is 0 Å². The van der Waals surface area contributed by atoms with Gasteiger partial charge in [-0.25, -0.2) is 9.18 Å². The number of carboxylic acid groups (broad SMARTS) is 1. The predicted molar refractivity (Wildman–Crippen MR) is 50.8 cm³/mol. The first-order valence-electron chi connectivity index (χ1n) is 3.45. The summed E-state index contributed by atoms with van der Waals surface area (Å²) in [6.45, 7) is 0. The molecule has 0 aromatic heterocycles. The third-order valence-electron chi connectivity index (χ3n) is 1.36. The maximum absolute atomic E-state index is 12.7. The summed E-state index contributed by atoms with van der Waals surface area (Å²) in [4.78, 5) is 10.2. The van der Waals surface area contributed by atoms with E-state index >= 15 is 0 Å². The SMILES string of the molecule is O=C(O)/C=C\c1cc(F)ccc1Br. The van der Waals surface area contributed by atoms with Gasteiger partial charge < -0.3 is 5.11 Å². The van der Waals surface area contributed by atoms with Crippen molar-refractivity contribution in [2.45, 2.75) is 0 Å². The van der Waals surface area contributed by atoms with E-state index in [1.54, 1.807) is 0 Å². The van der Waals surface area contributed by atoms with Crippen LogP contribution in [0.3, 0.4) is 0 Å². The highest BCUT2D eigenvalue weighted by atomic mass is 79.9. The summed E-state index contributed by atoms with van der Waals surface area (Å²) in [6.07, 6.45) is 2.29. The van der Waals surface area contributed by atoms with Gasteiger partial charge in [0, 0.05) is 10.5 Å². The van der Waals surface area contributed by atoms with E-state index in [2.05, 4.69) is 15.9 Å². The van der Waals surface area contributed by atoms with Crippen LogP contribution in [-0.4, -0.2) is 11.1 Å². The van der Waals surface area contributed by atoms with Gasteiger partial charge in [-0.15, -0.1) is 0 Å². The molecule has 0 unspecified atom stereocenters. The summed E-state index contributed by atoms with van der Waals surface area (Å²) in [7, 11) is 0. The lowest BCUT2D eigenvalue weighted by molar-refractivity contribution is -0.131. The normalized spacial score (nSPS) is 10.6. The predicted octanol–water partition coefficient (Wildman–Crippen LogP) is 2.69. The molecule has 0 aliphatic rings. The number of rotatable bonds is 2. The summed E-state index contributed by atoms with van der Waals surface area (Å²) in [5, 5.41) is 8.34. The summed E-state index contributed by atoms with van der Waals surface area (Å²) >= 11 is 3.17. The molecule has 68 valence electrons. The number of carbonyl (C=O) groups is 1. The Morgan fingerprint density at radius 1 is 1.54 bits per heavy atom. The Labute approximate surface area is 82.8 Å². The Kier molecular flexibility index (Phi) is 3.19. The van der Waals surface area contributed by atoms with E-state index in [-0.39, 0.29) is 0 Å². The Bertz CT molecular complexity index is 361. The van der Waals surface area contributed by atoms with E-state index in [0.29, 0.717) is 10.0 Å². The monoisotopic (exact) mass is 244 g/mol. The van der Waals surface area contributed by atoms with Crippen molar-refractivity contribution >= 4 is 28.0 Å². The van der Waals surface area contributed by atoms with Gasteiger partial charge in [0.15, 0.2) is 0 Å². The highest BCUT2D eigenvalue weighted by molar-refractivity contribution is 9.10. The molecule has 0 aliphatic carbocycles. The van der Waals surface area contributed by atoms with Crippen LogP contribution in [0.1, 0.15) is 5.56 Å². The van der Waals surface area contributed by atoms with E-state index in [1.807, 2.05) is 0 Å². The second-order valence-electron chi connectivity index (χ2n) is 2.34. The molecule has 1 rings (SSSR count). The topological polar surface area (TPSA) is 37.3 Å². The molecule has 0 fully saturated rings. The van der Waals surface area contributed by atoms with Gasteiger partial charge in [0.05, 0.1) is 0 Å². The lowest BCUT2D eigenvalue weighted by atomic mass is 10.2. The van der Waals surface area contributed by atoms with Gasteiger partial charge in [-0.3, -0.25) is 0 Å². The Hall–Kier alpha value is -1.16. The first kappa shape index (κ1) is 9.92. The van der Waals surface area contributed by atoms with Gasteiger partial charge >= 0.3 is 5.97 Å². The smallest absolute Gasteiger partial charge is 0.328 e. The molecule has 0 heterocycles. The summed E-state index contributed by atoms with van der Waals surface area (Å²) in [5.74, 6) is -1.45. The van der Waals surface area contributed by atoms with Crippen molar-refractivity contribution in [3.63, 3.8) is 0 Å². The second kappa shape index (κ2) is 4.18. The number of halogens is 2. The number of aliphatic carboxylic acids is 1. The highest BCUT2D eigenvalue weighted by Gasteiger charge is 1.98. The zero-order valence-electron chi connectivity index (χ0n) is 6.50. The van der Waals surface area contributed by atoms with E-state index in [4.69, 9.17) is 5.11 Å². The van der Waals surface area contributed by atoms with Gasteiger partial charge in [0.2, 0.25) is 0 Å². The van der Waals surface area contributed by atoms with Gasteiger partial charge in [0.1, 0.15) is 5.82 Å². The minimum atomic E-state index is -1.06. The van der Waals surface area contributed by atoms with Crippen LogP contribution in [0.15, 0.2) is 28.7 Å². The quantitative estimate of drug-likeness (QED) is 0.813.